The molecule has 2 aliphatic heterocycles. The average Bonchev–Trinajstić information content (AvgIpc) is 3.35. The summed E-state index contributed by atoms with van der Waals surface area (Å²) in [7, 11) is 5.06. The first-order chi connectivity index (χ1) is 17.1. The predicted molar refractivity (Wildman–Crippen MR) is 137 cm³/mol. The number of aryl methyl sites for hydroxylation is 1. The van der Waals surface area contributed by atoms with Gasteiger partial charge in [-0.1, -0.05) is 24.3 Å². The number of nitrogens with two attached hydrogens (primary N) is 1. The van der Waals surface area contributed by atoms with Gasteiger partial charge < -0.3 is 20.5 Å². The highest BCUT2D eigenvalue weighted by Gasteiger charge is 2.37. The Morgan fingerprint density at radius 1 is 1.37 bits per heavy atom. The molecule has 35 heavy (non-hydrogen) atoms. The van der Waals surface area contributed by atoms with Gasteiger partial charge in [0.15, 0.2) is 0 Å². The fourth-order valence-electron chi connectivity index (χ4n) is 5.49. The number of hydrogen-bond donors (Lipinski definition) is 2. The van der Waals surface area contributed by atoms with E-state index in [1.54, 1.807) is 38.2 Å². The highest BCUT2D eigenvalue weighted by atomic mass is 16.5. The van der Waals surface area contributed by atoms with Gasteiger partial charge in [0.2, 0.25) is 0 Å². The zero-order valence-electron chi connectivity index (χ0n) is 19.7. The number of aliphatic imine (C=N–C) groups is 1. The molecule has 0 saturated carbocycles. The molecule has 0 amide bonds. The molecule has 9 heteroatoms. The van der Waals surface area contributed by atoms with E-state index in [1.807, 2.05) is 29.0 Å². The highest BCUT2D eigenvalue weighted by molar-refractivity contribution is 6.17. The van der Waals surface area contributed by atoms with Crippen LogP contribution in [0.1, 0.15) is 11.6 Å². The van der Waals surface area contributed by atoms with E-state index in [9.17, 15) is 4.79 Å². The van der Waals surface area contributed by atoms with Crippen LogP contribution in [0.5, 0.6) is 11.5 Å². The molecule has 4 heterocycles. The first-order valence-corrected chi connectivity index (χ1v) is 11.5. The molecule has 0 saturated heterocycles. The van der Waals surface area contributed by atoms with Crippen molar-refractivity contribution in [3.8, 4) is 11.5 Å². The molecule has 0 bridgehead atoms. The molecular weight excluding hydrogens is 444 g/mol. The van der Waals surface area contributed by atoms with Crippen molar-refractivity contribution in [3.05, 3.63) is 70.6 Å². The molecule has 178 valence electrons. The summed E-state index contributed by atoms with van der Waals surface area (Å²) >= 11 is 0. The second-order valence-corrected chi connectivity index (χ2v) is 8.85. The van der Waals surface area contributed by atoms with Crippen molar-refractivity contribution in [2.75, 3.05) is 20.8 Å². The topological polar surface area (TPSA) is 109 Å². The van der Waals surface area contributed by atoms with Gasteiger partial charge in [-0.25, -0.2) is 4.79 Å². The first-order valence-electron chi connectivity index (χ1n) is 11.5. The SMILES string of the molecule is CN=CC(=CN)c1c(OC)cc2ncc3c4c2c1OCC(C1=CNC2C=CC=CC12)n4c(=O)n3C. The van der Waals surface area contributed by atoms with Crippen LogP contribution in [0.25, 0.3) is 27.5 Å². The third-order valence-electron chi connectivity index (χ3n) is 7.13. The Morgan fingerprint density at radius 2 is 2.20 bits per heavy atom. The summed E-state index contributed by atoms with van der Waals surface area (Å²) in [4.78, 5) is 22.5. The van der Waals surface area contributed by atoms with E-state index < -0.39 is 0 Å². The molecule has 0 spiro atoms. The largest absolute Gasteiger partial charge is 0.496 e. The van der Waals surface area contributed by atoms with Crippen LogP contribution in [0, 0.1) is 5.92 Å². The van der Waals surface area contributed by atoms with E-state index in [4.69, 9.17) is 15.2 Å². The Morgan fingerprint density at radius 3 is 2.97 bits per heavy atom. The minimum Gasteiger partial charge on any atom is -0.496 e. The summed E-state index contributed by atoms with van der Waals surface area (Å²) < 4.78 is 15.8. The van der Waals surface area contributed by atoms with Crippen molar-refractivity contribution in [3.63, 3.8) is 0 Å². The molecule has 1 aliphatic carbocycles. The van der Waals surface area contributed by atoms with Crippen molar-refractivity contribution in [1.29, 1.82) is 0 Å². The summed E-state index contributed by atoms with van der Waals surface area (Å²) in [6, 6.07) is 1.70. The van der Waals surface area contributed by atoms with Crippen LogP contribution in [0.15, 0.2) is 64.3 Å². The smallest absolute Gasteiger partial charge is 0.329 e. The maximum absolute atomic E-state index is 13.7. The van der Waals surface area contributed by atoms with Gasteiger partial charge in [-0.15, -0.1) is 0 Å². The number of nitrogens with one attached hydrogen (secondary N) is 1. The quantitative estimate of drug-likeness (QED) is 0.567. The average molecular weight is 471 g/mol. The Balaban J connectivity index is 1.68. The van der Waals surface area contributed by atoms with Gasteiger partial charge in [0.25, 0.3) is 0 Å². The molecule has 3 aromatic rings. The number of ether oxygens (including phenoxy) is 2. The van der Waals surface area contributed by atoms with Crippen LogP contribution in [0.2, 0.25) is 0 Å². The van der Waals surface area contributed by atoms with E-state index in [0.717, 1.165) is 22.0 Å². The van der Waals surface area contributed by atoms with Gasteiger partial charge in [-0.3, -0.25) is 19.1 Å². The Labute approximate surface area is 201 Å². The monoisotopic (exact) mass is 470 g/mol. The molecular formula is C26H26N6O3. The molecule has 2 aromatic heterocycles. The van der Waals surface area contributed by atoms with Crippen molar-refractivity contribution < 1.29 is 9.47 Å². The van der Waals surface area contributed by atoms with Crippen LogP contribution in [0.4, 0.5) is 0 Å². The number of pyridine rings is 1. The number of imidazole rings is 1. The number of benzene rings is 1. The Hall–Kier alpha value is -4.27. The molecule has 9 nitrogen and oxygen atoms in total. The van der Waals surface area contributed by atoms with Crippen LogP contribution in [0.3, 0.4) is 0 Å². The lowest BCUT2D eigenvalue weighted by Crippen LogP contribution is -2.33. The molecule has 3 N–H and O–H groups in total. The molecule has 0 radical (unpaired) electrons. The summed E-state index contributed by atoms with van der Waals surface area (Å²) in [5, 5.41) is 4.21. The lowest BCUT2D eigenvalue weighted by atomic mass is 9.87. The van der Waals surface area contributed by atoms with E-state index in [2.05, 4.69) is 27.4 Å². The summed E-state index contributed by atoms with van der Waals surface area (Å²) in [6.07, 6.45) is 15.3. The number of hydrogen-bond acceptors (Lipinski definition) is 7. The van der Waals surface area contributed by atoms with Gasteiger partial charge in [0.05, 0.1) is 52.9 Å². The zero-order chi connectivity index (χ0) is 24.3. The van der Waals surface area contributed by atoms with Gasteiger partial charge >= 0.3 is 5.69 Å². The number of fused-ring (bicyclic) bond motifs is 1. The van der Waals surface area contributed by atoms with Crippen molar-refractivity contribution in [2.24, 2.45) is 23.7 Å². The van der Waals surface area contributed by atoms with Crippen molar-refractivity contribution in [2.45, 2.75) is 12.1 Å². The fraction of sp³-hybridized carbons (Fsp3) is 0.269. The standard InChI is InChI=1S/C26H26N6O3/c1-28-10-14(9-27)22-21(34-3)8-18-23-24-19(12-30-18)31(2)26(33)32(24)20(13-35-25(22)23)16-11-29-17-7-5-4-6-15(16)17/h4-12,15,17,20,29H,13,27H2,1-3H3. The number of aromatic nitrogens is 3. The lowest BCUT2D eigenvalue weighted by Gasteiger charge is -2.25. The van der Waals surface area contributed by atoms with Crippen LogP contribution in [-0.4, -0.2) is 47.1 Å². The van der Waals surface area contributed by atoms with Crippen LogP contribution in [-0.2, 0) is 7.05 Å². The highest BCUT2D eigenvalue weighted by Crippen LogP contribution is 2.46. The number of rotatable bonds is 4. The molecule has 3 aliphatic rings. The summed E-state index contributed by atoms with van der Waals surface area (Å²) in [5.74, 6) is 1.29. The minimum absolute atomic E-state index is 0.113. The Bertz CT molecular complexity index is 1590. The summed E-state index contributed by atoms with van der Waals surface area (Å²) in [5.41, 5.74) is 10.5. The fourth-order valence-corrected chi connectivity index (χ4v) is 5.49. The third kappa shape index (κ3) is 2.90. The number of allylic oxidation sites excluding steroid dienone is 3. The van der Waals surface area contributed by atoms with Crippen molar-refractivity contribution in [1.82, 2.24) is 19.4 Å². The molecule has 0 fully saturated rings. The van der Waals surface area contributed by atoms with E-state index in [1.165, 1.54) is 6.20 Å². The van der Waals surface area contributed by atoms with Crippen molar-refractivity contribution >= 4 is 33.7 Å². The zero-order valence-corrected chi connectivity index (χ0v) is 19.7. The van der Waals surface area contributed by atoms with E-state index >= 15 is 0 Å². The normalized spacial score (nSPS) is 23.0. The van der Waals surface area contributed by atoms with E-state index in [0.29, 0.717) is 28.2 Å². The Kier molecular flexibility index (Phi) is 4.80. The molecule has 3 atom stereocenters. The molecule has 6 rings (SSSR count). The van der Waals surface area contributed by atoms with Gasteiger partial charge in [0, 0.05) is 44.1 Å². The maximum atomic E-state index is 13.7. The second-order valence-electron chi connectivity index (χ2n) is 8.85. The van der Waals surface area contributed by atoms with Gasteiger partial charge in [-0.05, 0) is 11.8 Å². The predicted octanol–water partition coefficient (Wildman–Crippen LogP) is 2.43. The van der Waals surface area contributed by atoms with Crippen LogP contribution >= 0.6 is 0 Å². The molecule has 1 aromatic carbocycles. The third-order valence-corrected chi connectivity index (χ3v) is 7.13. The maximum Gasteiger partial charge on any atom is 0.329 e. The summed E-state index contributed by atoms with van der Waals surface area (Å²) in [6.45, 7) is 0.262. The minimum atomic E-state index is -0.313. The lowest BCUT2D eigenvalue weighted by molar-refractivity contribution is 0.268. The molecule has 3 unspecified atom stereocenters. The number of nitrogens with zero attached hydrogens (tertiary/aromatic N) is 4. The van der Waals surface area contributed by atoms with E-state index in [-0.39, 0.29) is 30.3 Å². The van der Waals surface area contributed by atoms with Gasteiger partial charge in [-0.2, -0.15) is 0 Å². The van der Waals surface area contributed by atoms with Gasteiger partial charge in [0.1, 0.15) is 18.1 Å². The number of methoxy groups -OCH3 is 1. The van der Waals surface area contributed by atoms with Crippen LogP contribution < -0.4 is 26.2 Å². The second kappa shape index (κ2) is 7.90. The first kappa shape index (κ1) is 21.3.